The van der Waals surface area contributed by atoms with Gasteiger partial charge in [0.25, 0.3) is 5.91 Å². The fourth-order valence-corrected chi connectivity index (χ4v) is 1.96. The number of hydrogen-bond acceptors (Lipinski definition) is 5. The zero-order valence-electron chi connectivity index (χ0n) is 13.2. The quantitative estimate of drug-likeness (QED) is 0.278. The van der Waals surface area contributed by atoms with E-state index in [4.69, 9.17) is 10.5 Å². The van der Waals surface area contributed by atoms with Gasteiger partial charge in [0.15, 0.2) is 5.78 Å². The number of ketones is 1. The number of hydroxylamine groups is 1. The molecule has 0 saturated carbocycles. The molecule has 0 aliphatic carbocycles. The van der Waals surface area contributed by atoms with Crippen molar-refractivity contribution < 1.29 is 14.8 Å². The van der Waals surface area contributed by atoms with Crippen LogP contribution < -0.4 is 5.48 Å². The normalized spacial score (nSPS) is 10.7. The minimum Gasteiger partial charge on any atom is -0.292 e. The third-order valence-electron chi connectivity index (χ3n) is 3.29. The molecule has 0 fully saturated rings. The number of carbonyl (C=O) groups is 2. The predicted octanol–water partition coefficient (Wildman–Crippen LogP) is 2.38. The van der Waals surface area contributed by atoms with Crippen LogP contribution >= 0.6 is 0 Å². The lowest BCUT2D eigenvalue weighted by Crippen LogP contribution is -2.14. The molecule has 6 nitrogen and oxygen atoms in total. The highest BCUT2D eigenvalue weighted by Gasteiger charge is 2.04. The lowest BCUT2D eigenvalue weighted by Gasteiger charge is -1.99. The summed E-state index contributed by atoms with van der Waals surface area (Å²) in [5.74, 6) is -0.759. The molecular formula is C19H15N3O3. The van der Waals surface area contributed by atoms with Gasteiger partial charge in [-0.1, -0.05) is 36.4 Å². The summed E-state index contributed by atoms with van der Waals surface area (Å²) in [6, 6.07) is 15.6. The van der Waals surface area contributed by atoms with Crippen LogP contribution in [0.4, 0.5) is 0 Å². The van der Waals surface area contributed by atoms with Crippen molar-refractivity contribution in [3.63, 3.8) is 0 Å². The molecule has 6 heteroatoms. The van der Waals surface area contributed by atoms with E-state index in [0.717, 1.165) is 11.1 Å². The fourth-order valence-electron chi connectivity index (χ4n) is 1.96. The Hall–Kier alpha value is -3.56. The molecule has 2 rings (SSSR count). The van der Waals surface area contributed by atoms with Gasteiger partial charge in [-0.25, -0.2) is 5.48 Å². The first-order valence-corrected chi connectivity index (χ1v) is 7.38. The van der Waals surface area contributed by atoms with Crippen molar-refractivity contribution in [3.05, 3.63) is 76.9 Å². The summed E-state index contributed by atoms with van der Waals surface area (Å²) in [6.07, 6.45) is 4.28. The molecule has 25 heavy (non-hydrogen) atoms. The highest BCUT2D eigenvalue weighted by atomic mass is 16.5. The average Bonchev–Trinajstić information content (AvgIpc) is 2.66. The van der Waals surface area contributed by atoms with Gasteiger partial charge < -0.3 is 0 Å². The van der Waals surface area contributed by atoms with E-state index in [1.807, 2.05) is 6.07 Å². The summed E-state index contributed by atoms with van der Waals surface area (Å²) in [4.78, 5) is 27.1. The van der Waals surface area contributed by atoms with Gasteiger partial charge in [-0.3, -0.25) is 19.8 Å². The van der Waals surface area contributed by atoms with E-state index in [1.54, 1.807) is 54.7 Å². The fraction of sp³-hybridized carbons (Fsp3) is 0.0526. The second-order valence-corrected chi connectivity index (χ2v) is 5.06. The van der Waals surface area contributed by atoms with Gasteiger partial charge in [0.2, 0.25) is 0 Å². The number of aliphatic imine (C=N–C) groups is 1. The summed E-state index contributed by atoms with van der Waals surface area (Å²) in [5, 5.41) is 17.1. The van der Waals surface area contributed by atoms with Crippen molar-refractivity contribution >= 4 is 24.0 Å². The van der Waals surface area contributed by atoms with Gasteiger partial charge in [0, 0.05) is 17.9 Å². The number of carbonyl (C=O) groups excluding carboxylic acids is 2. The Kier molecular flexibility index (Phi) is 6.34. The minimum absolute atomic E-state index is 0.0160. The number of Topliss-reactive ketones (excluding diaryl/α,β-unsaturated/α-hetero) is 1. The molecular weight excluding hydrogens is 318 g/mol. The summed E-state index contributed by atoms with van der Waals surface area (Å²) < 4.78 is 0. The Balaban J connectivity index is 1.94. The molecule has 1 amide bonds. The summed E-state index contributed by atoms with van der Waals surface area (Å²) in [6.45, 7) is 0.0160. The van der Waals surface area contributed by atoms with Crippen LogP contribution in [-0.4, -0.2) is 29.7 Å². The largest absolute Gasteiger partial charge is 0.292 e. The predicted molar refractivity (Wildman–Crippen MR) is 93.4 cm³/mol. The Bertz CT molecular complexity index is 845. The number of nitrogens with one attached hydrogen (secondary N) is 1. The molecule has 2 aromatic rings. The number of nitriles is 1. The smallest absolute Gasteiger partial charge is 0.267 e. The van der Waals surface area contributed by atoms with Gasteiger partial charge in [-0.2, -0.15) is 5.26 Å². The van der Waals surface area contributed by atoms with E-state index < -0.39 is 5.91 Å². The first-order valence-electron chi connectivity index (χ1n) is 7.38. The molecule has 0 bridgehead atoms. The lowest BCUT2D eigenvalue weighted by molar-refractivity contribution is -0.124. The van der Waals surface area contributed by atoms with E-state index in [-0.39, 0.29) is 12.3 Å². The third-order valence-corrected chi connectivity index (χ3v) is 3.29. The second kappa shape index (κ2) is 8.91. The Labute approximate surface area is 144 Å². The van der Waals surface area contributed by atoms with Crippen molar-refractivity contribution in [1.29, 1.82) is 5.26 Å². The van der Waals surface area contributed by atoms with Crippen LogP contribution in [-0.2, 0) is 4.79 Å². The SMILES string of the molecule is N#Cc1ccc(C=NCC(=O)c2ccc(/C=C/C(=O)NO)cc2)cc1. The Morgan fingerprint density at radius 3 is 2.32 bits per heavy atom. The average molecular weight is 333 g/mol. The van der Waals surface area contributed by atoms with Crippen molar-refractivity contribution in [2.75, 3.05) is 6.54 Å². The van der Waals surface area contributed by atoms with Gasteiger partial charge in [-0.15, -0.1) is 0 Å². The molecule has 0 saturated heterocycles. The first-order chi connectivity index (χ1) is 12.1. The van der Waals surface area contributed by atoms with E-state index >= 15 is 0 Å². The van der Waals surface area contributed by atoms with Crippen molar-refractivity contribution in [1.82, 2.24) is 5.48 Å². The lowest BCUT2D eigenvalue weighted by atomic mass is 10.1. The number of amides is 1. The van der Waals surface area contributed by atoms with E-state index in [9.17, 15) is 9.59 Å². The highest BCUT2D eigenvalue weighted by Crippen LogP contribution is 2.07. The molecule has 2 aromatic carbocycles. The van der Waals surface area contributed by atoms with Crippen LogP contribution in [0.2, 0.25) is 0 Å². The highest BCUT2D eigenvalue weighted by molar-refractivity contribution is 5.99. The van der Waals surface area contributed by atoms with Crippen molar-refractivity contribution in [2.45, 2.75) is 0 Å². The van der Waals surface area contributed by atoms with Crippen LogP contribution in [0.5, 0.6) is 0 Å². The summed E-state index contributed by atoms with van der Waals surface area (Å²) in [7, 11) is 0. The molecule has 0 heterocycles. The molecule has 0 radical (unpaired) electrons. The molecule has 0 unspecified atom stereocenters. The maximum absolute atomic E-state index is 12.1. The number of benzene rings is 2. The maximum Gasteiger partial charge on any atom is 0.267 e. The first kappa shape index (κ1) is 17.8. The molecule has 2 N–H and O–H groups in total. The van der Waals surface area contributed by atoms with Gasteiger partial charge in [-0.05, 0) is 29.3 Å². The van der Waals surface area contributed by atoms with Crippen LogP contribution in [0.1, 0.15) is 27.0 Å². The molecule has 0 atom stereocenters. The van der Waals surface area contributed by atoms with E-state index in [0.29, 0.717) is 11.1 Å². The molecule has 124 valence electrons. The monoisotopic (exact) mass is 333 g/mol. The standard InChI is InChI=1S/C19H15N3O3/c20-11-15-1-3-16(4-2-15)12-21-13-18(23)17-8-5-14(6-9-17)7-10-19(24)22-25/h1-10,12,25H,13H2,(H,22,24)/b10-7+,21-12?. The van der Waals surface area contributed by atoms with Gasteiger partial charge in [0.05, 0.1) is 11.6 Å². The molecule has 0 aliphatic heterocycles. The maximum atomic E-state index is 12.1. The zero-order chi connectivity index (χ0) is 18.1. The minimum atomic E-state index is -0.628. The molecule has 0 aliphatic rings. The van der Waals surface area contributed by atoms with Crippen LogP contribution in [0.15, 0.2) is 59.6 Å². The number of nitrogens with zero attached hydrogens (tertiary/aromatic N) is 2. The Morgan fingerprint density at radius 2 is 1.72 bits per heavy atom. The van der Waals surface area contributed by atoms with E-state index in [2.05, 4.69) is 4.99 Å². The summed E-state index contributed by atoms with van der Waals surface area (Å²) in [5.41, 5.74) is 4.12. The molecule has 0 spiro atoms. The van der Waals surface area contributed by atoms with Gasteiger partial charge >= 0.3 is 0 Å². The van der Waals surface area contributed by atoms with Crippen LogP contribution in [0.25, 0.3) is 6.08 Å². The topological polar surface area (TPSA) is 103 Å². The third kappa shape index (κ3) is 5.53. The van der Waals surface area contributed by atoms with Crippen molar-refractivity contribution in [2.24, 2.45) is 4.99 Å². The van der Waals surface area contributed by atoms with E-state index in [1.165, 1.54) is 17.6 Å². The number of rotatable bonds is 6. The van der Waals surface area contributed by atoms with Crippen LogP contribution in [0, 0.1) is 11.3 Å². The number of hydrogen-bond donors (Lipinski definition) is 2. The van der Waals surface area contributed by atoms with Crippen molar-refractivity contribution in [3.8, 4) is 6.07 Å². The second-order valence-electron chi connectivity index (χ2n) is 5.06. The summed E-state index contributed by atoms with van der Waals surface area (Å²) >= 11 is 0. The van der Waals surface area contributed by atoms with Crippen LogP contribution in [0.3, 0.4) is 0 Å². The van der Waals surface area contributed by atoms with Gasteiger partial charge in [0.1, 0.15) is 6.54 Å². The Morgan fingerprint density at radius 1 is 1.08 bits per heavy atom. The zero-order valence-corrected chi connectivity index (χ0v) is 13.2. The molecule has 0 aromatic heterocycles.